The number of halogens is 3. The topological polar surface area (TPSA) is 139 Å². The summed E-state index contributed by atoms with van der Waals surface area (Å²) < 4.78 is 40.8. The molecule has 1 fully saturated rings. The number of aromatic nitrogens is 4. The third-order valence-corrected chi connectivity index (χ3v) is 6.82. The number of amides is 2. The number of likely N-dealkylation sites (tertiary alicyclic amines) is 1. The van der Waals surface area contributed by atoms with Crippen LogP contribution in [-0.2, 0) is 11.0 Å². The number of anilines is 2. The molecule has 0 aliphatic carbocycles. The molecule has 2 atom stereocenters. The minimum atomic E-state index is -4.56. The quantitative estimate of drug-likeness (QED) is 0.342. The molecule has 10 nitrogen and oxygen atoms in total. The SMILES string of the molecule is CC(O)C(=O)N1CCC[C@@H](c2nc(-c3ccc(C(=O)Nc4cc(C(F)(F)F)ccn4)cc3)c3c(N)nccn23)C1. The van der Waals surface area contributed by atoms with Crippen molar-refractivity contribution in [1.29, 1.82) is 0 Å². The first-order valence-corrected chi connectivity index (χ1v) is 12.6. The predicted molar refractivity (Wildman–Crippen MR) is 140 cm³/mol. The minimum absolute atomic E-state index is 0.107. The number of imidazole rings is 1. The highest BCUT2D eigenvalue weighted by Crippen LogP contribution is 2.34. The Labute approximate surface area is 226 Å². The zero-order valence-electron chi connectivity index (χ0n) is 21.4. The van der Waals surface area contributed by atoms with Gasteiger partial charge in [0.25, 0.3) is 11.8 Å². The Morgan fingerprint density at radius 1 is 1.15 bits per heavy atom. The molecule has 0 bridgehead atoms. The van der Waals surface area contributed by atoms with Gasteiger partial charge < -0.3 is 21.1 Å². The molecule has 4 N–H and O–H groups in total. The fourth-order valence-electron chi connectivity index (χ4n) is 4.87. The van der Waals surface area contributed by atoms with Crippen molar-refractivity contribution in [2.75, 3.05) is 24.1 Å². The van der Waals surface area contributed by atoms with Crippen LogP contribution in [0.15, 0.2) is 55.0 Å². The van der Waals surface area contributed by atoms with Crippen molar-refractivity contribution >= 4 is 29.0 Å². The summed E-state index contributed by atoms with van der Waals surface area (Å²) in [4.78, 5) is 39.6. The van der Waals surface area contributed by atoms with E-state index in [4.69, 9.17) is 10.7 Å². The molecule has 0 saturated carbocycles. The predicted octanol–water partition coefficient (Wildman–Crippen LogP) is 3.73. The van der Waals surface area contributed by atoms with Crippen molar-refractivity contribution in [3.63, 3.8) is 0 Å². The average Bonchev–Trinajstić information content (AvgIpc) is 3.33. The number of nitrogens with zero attached hydrogens (tertiary/aromatic N) is 5. The molecule has 1 saturated heterocycles. The molecule has 1 aliphatic rings. The maximum Gasteiger partial charge on any atom is 0.416 e. The molecule has 3 aromatic heterocycles. The van der Waals surface area contributed by atoms with E-state index in [1.54, 1.807) is 29.4 Å². The first kappa shape index (κ1) is 27.1. The van der Waals surface area contributed by atoms with Gasteiger partial charge in [0.05, 0.1) is 5.56 Å². The van der Waals surface area contributed by atoms with Crippen molar-refractivity contribution < 1.29 is 27.9 Å². The van der Waals surface area contributed by atoms with Gasteiger partial charge in [0.2, 0.25) is 0 Å². The Balaban J connectivity index is 1.42. The van der Waals surface area contributed by atoms with E-state index in [0.717, 1.165) is 31.2 Å². The van der Waals surface area contributed by atoms with Crippen LogP contribution >= 0.6 is 0 Å². The normalized spacial score (nSPS) is 16.6. The molecule has 4 heterocycles. The molecular formula is C27H26F3N7O3. The Bertz CT molecular complexity index is 1570. The Morgan fingerprint density at radius 2 is 1.90 bits per heavy atom. The van der Waals surface area contributed by atoms with Crippen LogP contribution in [0.4, 0.5) is 24.8 Å². The van der Waals surface area contributed by atoms with Gasteiger partial charge >= 0.3 is 6.18 Å². The summed E-state index contributed by atoms with van der Waals surface area (Å²) in [6.45, 7) is 2.40. The highest BCUT2D eigenvalue weighted by atomic mass is 19.4. The summed E-state index contributed by atoms with van der Waals surface area (Å²) in [7, 11) is 0. The summed E-state index contributed by atoms with van der Waals surface area (Å²) in [6, 6.07) is 7.97. The van der Waals surface area contributed by atoms with Gasteiger partial charge in [-0.15, -0.1) is 0 Å². The van der Waals surface area contributed by atoms with Crippen LogP contribution in [0.1, 0.15) is 47.4 Å². The zero-order valence-corrected chi connectivity index (χ0v) is 21.4. The van der Waals surface area contributed by atoms with Crippen LogP contribution in [0.5, 0.6) is 0 Å². The third-order valence-electron chi connectivity index (χ3n) is 6.82. The number of carbonyl (C=O) groups is 2. The molecule has 5 rings (SSSR count). The number of fused-ring (bicyclic) bond motifs is 1. The number of aliphatic hydroxyl groups excluding tert-OH is 1. The van der Waals surface area contributed by atoms with E-state index in [9.17, 15) is 27.9 Å². The molecule has 1 aliphatic heterocycles. The highest BCUT2D eigenvalue weighted by Gasteiger charge is 2.32. The van der Waals surface area contributed by atoms with Gasteiger partial charge in [0.1, 0.15) is 34.8 Å². The van der Waals surface area contributed by atoms with E-state index in [2.05, 4.69) is 15.3 Å². The number of piperidine rings is 1. The fourth-order valence-corrected chi connectivity index (χ4v) is 4.87. The van der Waals surface area contributed by atoms with Crippen molar-refractivity contribution in [2.24, 2.45) is 0 Å². The number of hydrogen-bond acceptors (Lipinski definition) is 7. The molecular weight excluding hydrogens is 527 g/mol. The average molecular weight is 554 g/mol. The monoisotopic (exact) mass is 553 g/mol. The molecule has 1 unspecified atom stereocenters. The first-order valence-electron chi connectivity index (χ1n) is 12.6. The van der Waals surface area contributed by atoms with Crippen molar-refractivity contribution in [3.8, 4) is 11.3 Å². The molecule has 0 radical (unpaired) electrons. The third kappa shape index (κ3) is 5.32. The lowest BCUT2D eigenvalue weighted by Gasteiger charge is -2.33. The molecule has 40 heavy (non-hydrogen) atoms. The lowest BCUT2D eigenvalue weighted by molar-refractivity contribution is -0.140. The molecule has 0 spiro atoms. The summed E-state index contributed by atoms with van der Waals surface area (Å²) in [5.41, 5.74) is 7.27. The van der Waals surface area contributed by atoms with Crippen LogP contribution in [0, 0.1) is 0 Å². The number of carbonyl (C=O) groups excluding carboxylic acids is 2. The number of rotatable bonds is 5. The van der Waals surface area contributed by atoms with Crippen molar-refractivity contribution in [3.05, 3.63) is 71.9 Å². The maximum atomic E-state index is 13.0. The first-order chi connectivity index (χ1) is 19.0. The Hall–Kier alpha value is -4.52. The zero-order chi connectivity index (χ0) is 28.6. The molecule has 1 aromatic carbocycles. The van der Waals surface area contributed by atoms with Crippen LogP contribution in [0.25, 0.3) is 16.8 Å². The van der Waals surface area contributed by atoms with E-state index in [-0.39, 0.29) is 29.0 Å². The maximum absolute atomic E-state index is 13.0. The second-order valence-corrected chi connectivity index (χ2v) is 9.61. The van der Waals surface area contributed by atoms with Gasteiger partial charge in [-0.3, -0.25) is 14.0 Å². The number of nitrogen functional groups attached to an aromatic ring is 1. The van der Waals surface area contributed by atoms with Crippen molar-refractivity contribution in [2.45, 2.75) is 38.0 Å². The second kappa shape index (κ2) is 10.6. The second-order valence-electron chi connectivity index (χ2n) is 9.61. The fraction of sp³-hybridized carbons (Fsp3) is 0.296. The summed E-state index contributed by atoms with van der Waals surface area (Å²) in [5.74, 6) is -0.338. The number of benzene rings is 1. The smallest absolute Gasteiger partial charge is 0.384 e. The highest BCUT2D eigenvalue weighted by molar-refractivity contribution is 6.04. The largest absolute Gasteiger partial charge is 0.416 e. The summed E-state index contributed by atoms with van der Waals surface area (Å²) >= 11 is 0. The van der Waals surface area contributed by atoms with Gasteiger partial charge in [-0.2, -0.15) is 13.2 Å². The molecule has 4 aromatic rings. The molecule has 2 amide bonds. The van der Waals surface area contributed by atoms with Crippen molar-refractivity contribution in [1.82, 2.24) is 24.3 Å². The minimum Gasteiger partial charge on any atom is -0.384 e. The number of nitrogens with one attached hydrogen (secondary N) is 1. The van der Waals surface area contributed by atoms with E-state index in [1.165, 1.54) is 19.1 Å². The van der Waals surface area contributed by atoms with E-state index >= 15 is 0 Å². The van der Waals surface area contributed by atoms with E-state index < -0.39 is 23.8 Å². The Morgan fingerprint density at radius 3 is 2.60 bits per heavy atom. The number of pyridine rings is 1. The molecule has 13 heteroatoms. The van der Waals surface area contributed by atoms with E-state index in [1.807, 2.05) is 4.40 Å². The van der Waals surface area contributed by atoms with Crippen LogP contribution < -0.4 is 11.1 Å². The van der Waals surface area contributed by atoms with Gasteiger partial charge in [-0.1, -0.05) is 12.1 Å². The number of nitrogens with two attached hydrogens (primary N) is 1. The lowest BCUT2D eigenvalue weighted by atomic mass is 9.97. The Kier molecular flexibility index (Phi) is 7.15. The van der Waals surface area contributed by atoms with Crippen LogP contribution in [0.2, 0.25) is 0 Å². The number of hydrogen-bond donors (Lipinski definition) is 3. The number of aliphatic hydroxyl groups is 1. The van der Waals surface area contributed by atoms with E-state index in [0.29, 0.717) is 35.7 Å². The van der Waals surface area contributed by atoms with Crippen LogP contribution in [-0.4, -0.2) is 60.4 Å². The lowest BCUT2D eigenvalue weighted by Crippen LogP contribution is -2.43. The van der Waals surface area contributed by atoms with Crippen LogP contribution in [0.3, 0.4) is 0 Å². The van der Waals surface area contributed by atoms with Gasteiger partial charge in [0.15, 0.2) is 0 Å². The standard InChI is InChI=1S/C27H26F3N7O3/c1-15(38)26(40)36-11-2-3-18(14-36)24-35-21(22-23(31)33-10-12-37(22)24)16-4-6-17(7-5-16)25(39)34-20-13-19(8-9-32-20)27(28,29)30/h4-10,12-13,15,18,38H,2-3,11,14H2,1H3,(H2,31,33)(H,32,34,39)/t15?,18-/m1/s1. The van der Waals surface area contributed by atoms with Gasteiger partial charge in [-0.05, 0) is 44.0 Å². The van der Waals surface area contributed by atoms with Gasteiger partial charge in [0, 0.05) is 48.7 Å². The summed E-state index contributed by atoms with van der Waals surface area (Å²) in [5, 5.41) is 12.2. The number of alkyl halides is 3. The molecule has 208 valence electrons. The van der Waals surface area contributed by atoms with Gasteiger partial charge in [-0.25, -0.2) is 15.0 Å². The summed E-state index contributed by atoms with van der Waals surface area (Å²) in [6.07, 6.45) is 0.172.